The van der Waals surface area contributed by atoms with Crippen LogP contribution in [0.1, 0.15) is 31.0 Å². The number of ketones is 1. The molecule has 2 aromatic carbocycles. The molecule has 0 aliphatic carbocycles. The van der Waals surface area contributed by atoms with Gasteiger partial charge in [-0.05, 0) is 36.9 Å². The third kappa shape index (κ3) is 5.02. The van der Waals surface area contributed by atoms with Crippen molar-refractivity contribution in [3.63, 3.8) is 0 Å². The second kappa shape index (κ2) is 11.1. The van der Waals surface area contributed by atoms with E-state index in [-0.39, 0.29) is 27.7 Å². The number of benzene rings is 2. The highest BCUT2D eigenvalue weighted by molar-refractivity contribution is 6.46. The number of likely N-dealkylation sites (tertiary alicyclic amines) is 1. The van der Waals surface area contributed by atoms with Crippen LogP contribution < -0.4 is 9.47 Å². The van der Waals surface area contributed by atoms with Crippen LogP contribution in [-0.2, 0) is 9.59 Å². The van der Waals surface area contributed by atoms with Gasteiger partial charge in [-0.15, -0.1) is 0 Å². The lowest BCUT2D eigenvalue weighted by Gasteiger charge is -2.28. The number of rotatable bonds is 9. The highest BCUT2D eigenvalue weighted by Crippen LogP contribution is 2.43. The number of ether oxygens (including phenoxy) is 2. The first kappa shape index (κ1) is 25.9. The molecule has 1 aliphatic rings. The summed E-state index contributed by atoms with van der Waals surface area (Å²) in [5.74, 6) is -1.21. The van der Waals surface area contributed by atoms with E-state index in [1.54, 1.807) is 24.3 Å². The molecule has 1 N–H and O–H groups in total. The number of carbonyl (C=O) groups is 2. The van der Waals surface area contributed by atoms with Crippen molar-refractivity contribution >= 4 is 40.7 Å². The van der Waals surface area contributed by atoms with E-state index >= 15 is 0 Å². The molecule has 182 valence electrons. The normalized spacial score (nSPS) is 17.5. The second-order valence-corrected chi connectivity index (χ2v) is 8.60. The van der Waals surface area contributed by atoms with Crippen LogP contribution >= 0.6 is 23.2 Å². The number of hydrogen-bond donors (Lipinski definition) is 1. The molecule has 7 nitrogen and oxygen atoms in total. The maximum Gasteiger partial charge on any atom is 0.295 e. The first-order valence-corrected chi connectivity index (χ1v) is 11.7. The zero-order chi connectivity index (χ0) is 25.0. The van der Waals surface area contributed by atoms with Crippen LogP contribution in [0, 0.1) is 0 Å². The monoisotopic (exact) mass is 506 g/mol. The van der Waals surface area contributed by atoms with Gasteiger partial charge in [-0.25, -0.2) is 0 Å². The molecule has 0 spiro atoms. The van der Waals surface area contributed by atoms with E-state index in [9.17, 15) is 14.7 Å². The van der Waals surface area contributed by atoms with Gasteiger partial charge in [-0.3, -0.25) is 9.59 Å². The SMILES string of the molecule is CCN(CC)CCN1C(=O)C(=O)/C(=C(/O)c2cc(Cl)c(OC)cc2OC)C1c1ccc(Cl)cc1. The highest BCUT2D eigenvalue weighted by atomic mass is 35.5. The van der Waals surface area contributed by atoms with Crippen molar-refractivity contribution in [3.8, 4) is 11.5 Å². The summed E-state index contributed by atoms with van der Waals surface area (Å²) < 4.78 is 10.6. The maximum absolute atomic E-state index is 13.2. The Kier molecular flexibility index (Phi) is 8.47. The molecule has 0 saturated carbocycles. The molecule has 2 aromatic rings. The number of amides is 1. The number of aliphatic hydroxyl groups is 1. The van der Waals surface area contributed by atoms with Crippen LogP contribution in [0.4, 0.5) is 0 Å². The Bertz CT molecular complexity index is 1100. The van der Waals surface area contributed by atoms with E-state index in [2.05, 4.69) is 4.90 Å². The van der Waals surface area contributed by atoms with Crippen molar-refractivity contribution in [1.29, 1.82) is 0 Å². The minimum atomic E-state index is -0.793. The number of carbonyl (C=O) groups excluding carboxylic acids is 2. The summed E-state index contributed by atoms with van der Waals surface area (Å²) in [7, 11) is 2.89. The lowest BCUT2D eigenvalue weighted by molar-refractivity contribution is -0.140. The predicted octanol–water partition coefficient (Wildman–Crippen LogP) is 4.77. The molecule has 1 fully saturated rings. The van der Waals surface area contributed by atoms with Gasteiger partial charge in [-0.2, -0.15) is 0 Å². The van der Waals surface area contributed by atoms with Crippen molar-refractivity contribution in [2.24, 2.45) is 0 Å². The van der Waals surface area contributed by atoms with Crippen LogP contribution in [0.15, 0.2) is 42.0 Å². The van der Waals surface area contributed by atoms with Gasteiger partial charge in [0.25, 0.3) is 11.7 Å². The molecule has 34 heavy (non-hydrogen) atoms. The number of halogens is 2. The van der Waals surface area contributed by atoms with E-state index in [0.29, 0.717) is 29.4 Å². The number of Topliss-reactive ketones (excluding diaryl/α,β-unsaturated/α-hetero) is 1. The zero-order valence-electron chi connectivity index (χ0n) is 19.6. The first-order chi connectivity index (χ1) is 16.3. The fourth-order valence-electron chi connectivity index (χ4n) is 4.08. The molecule has 1 aliphatic heterocycles. The summed E-state index contributed by atoms with van der Waals surface area (Å²) in [5, 5.41) is 12.1. The van der Waals surface area contributed by atoms with E-state index in [1.807, 2.05) is 13.8 Å². The summed E-state index contributed by atoms with van der Waals surface area (Å²) >= 11 is 12.4. The number of aliphatic hydroxyl groups excluding tert-OH is 1. The van der Waals surface area contributed by atoms with Crippen LogP contribution in [0.5, 0.6) is 11.5 Å². The Balaban J connectivity index is 2.18. The molecule has 1 heterocycles. The van der Waals surface area contributed by atoms with Crippen LogP contribution in [0.2, 0.25) is 10.0 Å². The molecule has 1 saturated heterocycles. The number of methoxy groups -OCH3 is 2. The van der Waals surface area contributed by atoms with Crippen molar-refractivity contribution in [3.05, 3.63) is 63.1 Å². The number of nitrogens with zero attached hydrogens (tertiary/aromatic N) is 2. The van der Waals surface area contributed by atoms with E-state index < -0.39 is 17.7 Å². The Morgan fingerprint density at radius 1 is 1.03 bits per heavy atom. The summed E-state index contributed by atoms with van der Waals surface area (Å²) in [5.41, 5.74) is 0.809. The predicted molar refractivity (Wildman–Crippen MR) is 133 cm³/mol. The van der Waals surface area contributed by atoms with Crippen molar-refractivity contribution in [2.75, 3.05) is 40.4 Å². The minimum absolute atomic E-state index is 0.0357. The molecule has 0 radical (unpaired) electrons. The quantitative estimate of drug-likeness (QED) is 0.299. The summed E-state index contributed by atoms with van der Waals surface area (Å²) in [4.78, 5) is 30.0. The van der Waals surface area contributed by atoms with Gasteiger partial charge in [0.05, 0.1) is 36.4 Å². The molecular formula is C25H28Cl2N2O5. The average molecular weight is 507 g/mol. The first-order valence-electron chi connectivity index (χ1n) is 10.9. The summed E-state index contributed by atoms with van der Waals surface area (Å²) in [6.07, 6.45) is 0. The fourth-order valence-corrected chi connectivity index (χ4v) is 4.45. The Labute approximate surface area is 209 Å². The topological polar surface area (TPSA) is 79.3 Å². The molecule has 3 rings (SSSR count). The lowest BCUT2D eigenvalue weighted by Crippen LogP contribution is -2.38. The van der Waals surface area contributed by atoms with Gasteiger partial charge in [-0.1, -0.05) is 49.2 Å². The highest BCUT2D eigenvalue weighted by Gasteiger charge is 2.46. The van der Waals surface area contributed by atoms with Gasteiger partial charge in [0.2, 0.25) is 0 Å². The van der Waals surface area contributed by atoms with E-state index in [0.717, 1.165) is 13.1 Å². The standard InChI is InChI=1S/C25H28Cl2N2O5/c1-5-28(6-2)11-12-29-22(15-7-9-16(26)10-8-15)21(24(31)25(29)32)23(30)17-13-18(27)20(34-4)14-19(17)33-3/h7-10,13-14,22,30H,5-6,11-12H2,1-4H3/b23-21+. The van der Waals surface area contributed by atoms with Crippen LogP contribution in [0.25, 0.3) is 5.76 Å². The average Bonchev–Trinajstić information content (AvgIpc) is 3.09. The molecule has 0 aromatic heterocycles. The fraction of sp³-hybridized carbons (Fsp3) is 0.360. The van der Waals surface area contributed by atoms with Crippen molar-refractivity contribution in [2.45, 2.75) is 19.9 Å². The summed E-state index contributed by atoms with van der Waals surface area (Å²) in [6, 6.07) is 9.04. The molecule has 1 amide bonds. The van der Waals surface area contributed by atoms with Gasteiger partial charge in [0.15, 0.2) is 0 Å². The van der Waals surface area contributed by atoms with E-state index in [4.69, 9.17) is 32.7 Å². The third-order valence-corrected chi connectivity index (χ3v) is 6.55. The molecular weight excluding hydrogens is 479 g/mol. The number of likely N-dealkylation sites (N-methyl/N-ethyl adjacent to an activating group) is 1. The number of hydrogen-bond acceptors (Lipinski definition) is 6. The smallest absolute Gasteiger partial charge is 0.295 e. The van der Waals surface area contributed by atoms with Gasteiger partial charge >= 0.3 is 0 Å². The van der Waals surface area contributed by atoms with Crippen LogP contribution in [0.3, 0.4) is 0 Å². The maximum atomic E-state index is 13.2. The molecule has 9 heteroatoms. The Morgan fingerprint density at radius 2 is 1.65 bits per heavy atom. The summed E-state index contributed by atoms with van der Waals surface area (Å²) in [6.45, 7) is 6.60. The van der Waals surface area contributed by atoms with Gasteiger partial charge in [0, 0.05) is 24.2 Å². The second-order valence-electron chi connectivity index (χ2n) is 7.76. The van der Waals surface area contributed by atoms with Crippen molar-refractivity contribution < 1.29 is 24.2 Å². The Morgan fingerprint density at radius 3 is 2.21 bits per heavy atom. The third-order valence-electron chi connectivity index (χ3n) is 6.01. The van der Waals surface area contributed by atoms with Crippen molar-refractivity contribution in [1.82, 2.24) is 9.80 Å². The lowest BCUT2D eigenvalue weighted by atomic mass is 9.95. The molecule has 1 atom stereocenters. The minimum Gasteiger partial charge on any atom is -0.507 e. The largest absolute Gasteiger partial charge is 0.507 e. The molecule has 0 bridgehead atoms. The van der Waals surface area contributed by atoms with Crippen LogP contribution in [-0.4, -0.2) is 67.0 Å². The van der Waals surface area contributed by atoms with Gasteiger partial charge in [0.1, 0.15) is 17.3 Å². The zero-order valence-corrected chi connectivity index (χ0v) is 21.1. The molecule has 1 unspecified atom stereocenters. The Hall–Kier alpha value is -2.74. The van der Waals surface area contributed by atoms with E-state index in [1.165, 1.54) is 31.3 Å². The van der Waals surface area contributed by atoms with Gasteiger partial charge < -0.3 is 24.4 Å².